The molecular formula is C20H29N7O3. The molecule has 0 radical (unpaired) electrons. The van der Waals surface area contributed by atoms with Crippen molar-refractivity contribution in [2.24, 2.45) is 11.7 Å². The minimum atomic E-state index is -0.474. The molecule has 1 aliphatic rings. The summed E-state index contributed by atoms with van der Waals surface area (Å²) in [4.78, 5) is 23.6. The van der Waals surface area contributed by atoms with Gasteiger partial charge in [-0.3, -0.25) is 10.1 Å². The van der Waals surface area contributed by atoms with Crippen LogP contribution in [-0.4, -0.2) is 38.6 Å². The van der Waals surface area contributed by atoms with E-state index in [0.717, 1.165) is 31.2 Å². The molecule has 0 unspecified atom stereocenters. The first-order valence-electron chi connectivity index (χ1n) is 10.3. The maximum Gasteiger partial charge on any atom is 0.329 e. The van der Waals surface area contributed by atoms with Gasteiger partial charge in [-0.1, -0.05) is 6.07 Å². The molecule has 2 aromatic rings. The predicted octanol–water partition coefficient (Wildman–Crippen LogP) is 3.11. The van der Waals surface area contributed by atoms with Crippen molar-refractivity contribution in [3.8, 4) is 5.88 Å². The van der Waals surface area contributed by atoms with Crippen LogP contribution in [0.1, 0.15) is 45.1 Å². The molecule has 162 valence electrons. The van der Waals surface area contributed by atoms with Crippen LogP contribution < -0.4 is 21.1 Å². The second kappa shape index (κ2) is 10.1. The van der Waals surface area contributed by atoms with E-state index in [4.69, 9.17) is 10.5 Å². The molecule has 1 saturated carbocycles. The molecule has 10 heteroatoms. The number of ether oxygens (including phenoxy) is 1. The first-order valence-corrected chi connectivity index (χ1v) is 10.3. The molecule has 0 bridgehead atoms. The molecule has 0 atom stereocenters. The fraction of sp³-hybridized carbons (Fsp3) is 0.550. The van der Waals surface area contributed by atoms with E-state index >= 15 is 0 Å². The van der Waals surface area contributed by atoms with E-state index < -0.39 is 4.92 Å². The number of pyridine rings is 1. The first-order chi connectivity index (χ1) is 14.4. The average molecular weight is 415 g/mol. The van der Waals surface area contributed by atoms with Crippen LogP contribution in [0.5, 0.6) is 5.88 Å². The molecule has 1 fully saturated rings. The molecule has 0 amide bonds. The van der Waals surface area contributed by atoms with Crippen LogP contribution in [0.3, 0.4) is 0 Å². The number of nitro groups is 1. The zero-order valence-corrected chi connectivity index (χ0v) is 17.4. The molecule has 30 heavy (non-hydrogen) atoms. The lowest BCUT2D eigenvalue weighted by Crippen LogP contribution is -2.29. The summed E-state index contributed by atoms with van der Waals surface area (Å²) < 4.78 is 5.72. The van der Waals surface area contributed by atoms with Crippen LogP contribution in [0, 0.1) is 16.0 Å². The van der Waals surface area contributed by atoms with Gasteiger partial charge in [0.2, 0.25) is 17.6 Å². The third kappa shape index (κ3) is 5.99. The van der Waals surface area contributed by atoms with E-state index in [1.165, 1.54) is 6.20 Å². The molecule has 0 saturated heterocycles. The second-order valence-corrected chi connectivity index (χ2v) is 7.83. The highest BCUT2D eigenvalue weighted by Gasteiger charge is 2.22. The Bertz CT molecular complexity index is 854. The van der Waals surface area contributed by atoms with E-state index in [0.29, 0.717) is 30.8 Å². The largest absolute Gasteiger partial charge is 0.475 e. The highest BCUT2D eigenvalue weighted by Crippen LogP contribution is 2.27. The Balaban J connectivity index is 1.67. The zero-order valence-electron chi connectivity index (χ0n) is 17.4. The van der Waals surface area contributed by atoms with Crippen LogP contribution in [0.25, 0.3) is 0 Å². The lowest BCUT2D eigenvalue weighted by Gasteiger charge is -2.26. The number of rotatable bonds is 9. The van der Waals surface area contributed by atoms with Crippen molar-refractivity contribution in [2.45, 2.75) is 58.2 Å². The van der Waals surface area contributed by atoms with Crippen molar-refractivity contribution < 1.29 is 9.66 Å². The van der Waals surface area contributed by atoms with Gasteiger partial charge < -0.3 is 21.1 Å². The van der Waals surface area contributed by atoms with Gasteiger partial charge in [-0.2, -0.15) is 4.98 Å². The fourth-order valence-corrected chi connectivity index (χ4v) is 3.42. The highest BCUT2D eigenvalue weighted by molar-refractivity contribution is 5.57. The van der Waals surface area contributed by atoms with Gasteiger partial charge >= 0.3 is 5.69 Å². The monoisotopic (exact) mass is 415 g/mol. The van der Waals surface area contributed by atoms with Crippen molar-refractivity contribution in [3.05, 3.63) is 40.2 Å². The predicted molar refractivity (Wildman–Crippen MR) is 114 cm³/mol. The summed E-state index contributed by atoms with van der Waals surface area (Å²) in [5, 5.41) is 17.6. The maximum atomic E-state index is 11.4. The van der Waals surface area contributed by atoms with Crippen molar-refractivity contribution in [1.82, 2.24) is 15.0 Å². The molecule has 10 nitrogen and oxygen atoms in total. The molecular weight excluding hydrogens is 386 g/mol. The molecule has 3 rings (SSSR count). The Morgan fingerprint density at radius 1 is 1.27 bits per heavy atom. The van der Waals surface area contributed by atoms with E-state index in [2.05, 4.69) is 25.6 Å². The number of hydrogen-bond donors (Lipinski definition) is 3. The first kappa shape index (κ1) is 21.7. The summed E-state index contributed by atoms with van der Waals surface area (Å²) in [6, 6.07) is 3.99. The normalized spacial score (nSPS) is 18.8. The zero-order chi connectivity index (χ0) is 21.5. The van der Waals surface area contributed by atoms with Crippen LogP contribution in [-0.2, 0) is 6.54 Å². The van der Waals surface area contributed by atoms with E-state index in [9.17, 15) is 10.1 Å². The minimum Gasteiger partial charge on any atom is -0.475 e. The second-order valence-electron chi connectivity index (χ2n) is 7.83. The molecule has 1 aliphatic carbocycles. The third-order valence-electron chi connectivity index (χ3n) is 5.05. The Morgan fingerprint density at radius 2 is 2.03 bits per heavy atom. The quantitative estimate of drug-likeness (QED) is 0.416. The Kier molecular flexibility index (Phi) is 7.34. The van der Waals surface area contributed by atoms with Gasteiger partial charge in [0, 0.05) is 30.9 Å². The Morgan fingerprint density at radius 3 is 2.73 bits per heavy atom. The number of hydrogen-bond acceptors (Lipinski definition) is 9. The van der Waals surface area contributed by atoms with E-state index in [1.54, 1.807) is 6.20 Å². The fourth-order valence-electron chi connectivity index (χ4n) is 3.42. The molecule has 0 aromatic carbocycles. The van der Waals surface area contributed by atoms with Gasteiger partial charge in [0.25, 0.3) is 0 Å². The molecule has 2 aromatic heterocycles. The SMILES string of the molecule is CC(C)Oc1ncccc1CNc1ncc([N+](=O)[O-])c(NC[C@H]2CC[C@H](N)CC2)n1. The van der Waals surface area contributed by atoms with Crippen LogP contribution in [0.15, 0.2) is 24.5 Å². The summed E-state index contributed by atoms with van der Waals surface area (Å²) in [5.74, 6) is 1.49. The van der Waals surface area contributed by atoms with Gasteiger partial charge in [0.15, 0.2) is 0 Å². The lowest BCUT2D eigenvalue weighted by molar-refractivity contribution is -0.384. The van der Waals surface area contributed by atoms with Crippen LogP contribution >= 0.6 is 0 Å². The van der Waals surface area contributed by atoms with Gasteiger partial charge in [0.1, 0.15) is 6.20 Å². The third-order valence-corrected chi connectivity index (χ3v) is 5.05. The standard InChI is InChI=1S/C20H29N7O3/c1-13(2)30-19-15(4-3-9-22-19)11-24-20-25-12-17(27(28)29)18(26-20)23-10-14-5-7-16(21)8-6-14/h3-4,9,12-14,16H,5-8,10-11,21H2,1-2H3,(H2,23,24,25,26)/t14-,16-. The molecule has 4 N–H and O–H groups in total. The number of nitrogens with zero attached hydrogens (tertiary/aromatic N) is 4. The van der Waals surface area contributed by atoms with Gasteiger partial charge in [-0.05, 0) is 51.5 Å². The number of anilines is 2. The topological polar surface area (TPSA) is 141 Å². The van der Waals surface area contributed by atoms with E-state index in [-0.39, 0.29) is 23.7 Å². The maximum absolute atomic E-state index is 11.4. The van der Waals surface area contributed by atoms with E-state index in [1.807, 2.05) is 26.0 Å². The van der Waals surface area contributed by atoms with Crippen molar-refractivity contribution >= 4 is 17.5 Å². The molecule has 2 heterocycles. The van der Waals surface area contributed by atoms with Crippen molar-refractivity contribution in [1.29, 1.82) is 0 Å². The minimum absolute atomic E-state index is 0.000542. The summed E-state index contributed by atoms with van der Waals surface area (Å²) >= 11 is 0. The smallest absolute Gasteiger partial charge is 0.329 e. The van der Waals surface area contributed by atoms with Gasteiger partial charge in [-0.15, -0.1) is 0 Å². The molecule has 0 aliphatic heterocycles. The van der Waals surface area contributed by atoms with Crippen molar-refractivity contribution in [3.63, 3.8) is 0 Å². The summed E-state index contributed by atoms with van der Waals surface area (Å²) in [7, 11) is 0. The Hall–Kier alpha value is -3.01. The number of nitrogens with two attached hydrogens (primary N) is 1. The number of aromatic nitrogens is 3. The molecule has 0 spiro atoms. The summed E-state index contributed by atoms with van der Waals surface area (Å²) in [6.45, 7) is 4.87. The van der Waals surface area contributed by atoms with Crippen LogP contribution in [0.4, 0.5) is 17.5 Å². The van der Waals surface area contributed by atoms with Crippen LogP contribution in [0.2, 0.25) is 0 Å². The lowest BCUT2D eigenvalue weighted by atomic mass is 9.86. The van der Waals surface area contributed by atoms with Crippen molar-refractivity contribution in [2.75, 3.05) is 17.2 Å². The van der Waals surface area contributed by atoms with Gasteiger partial charge in [-0.25, -0.2) is 9.97 Å². The number of nitrogens with one attached hydrogen (secondary N) is 2. The van der Waals surface area contributed by atoms with Gasteiger partial charge in [0.05, 0.1) is 11.0 Å². The summed E-state index contributed by atoms with van der Waals surface area (Å²) in [6.07, 6.45) is 6.88. The highest BCUT2D eigenvalue weighted by atomic mass is 16.6. The Labute approximate surface area is 175 Å². The summed E-state index contributed by atoms with van der Waals surface area (Å²) in [5.41, 5.74) is 6.66. The average Bonchev–Trinajstić information content (AvgIpc) is 2.72.